The molecule has 0 unspecified atom stereocenters. The summed E-state index contributed by atoms with van der Waals surface area (Å²) in [6.45, 7) is 1.99. The Labute approximate surface area is 115 Å². The van der Waals surface area contributed by atoms with Crippen LogP contribution < -0.4 is 10.5 Å². The van der Waals surface area contributed by atoms with Gasteiger partial charge in [-0.15, -0.1) is 0 Å². The number of para-hydroxylation sites is 1. The third-order valence-corrected chi connectivity index (χ3v) is 2.45. The van der Waals surface area contributed by atoms with E-state index in [-0.39, 0.29) is 23.9 Å². The molecule has 0 aliphatic carbocycles. The van der Waals surface area contributed by atoms with Gasteiger partial charge in [0.05, 0.1) is 17.9 Å². The maximum atomic E-state index is 13.5. The number of nitrogens with zero attached hydrogens (tertiary/aromatic N) is 1. The lowest BCUT2D eigenvalue weighted by molar-refractivity contribution is 0.0526. The average Bonchev–Trinajstić information content (AvgIpc) is 2.44. The second-order valence-corrected chi connectivity index (χ2v) is 3.87. The lowest BCUT2D eigenvalue weighted by Crippen LogP contribution is -2.05. The number of rotatable bonds is 4. The van der Waals surface area contributed by atoms with Gasteiger partial charge in [-0.1, -0.05) is 6.07 Å². The van der Waals surface area contributed by atoms with Crippen LogP contribution in [0.3, 0.4) is 0 Å². The first-order valence-electron chi connectivity index (χ1n) is 5.97. The van der Waals surface area contributed by atoms with Gasteiger partial charge in [-0.05, 0) is 25.1 Å². The Morgan fingerprint density at radius 3 is 2.75 bits per heavy atom. The van der Waals surface area contributed by atoms with E-state index in [0.29, 0.717) is 5.56 Å². The Bertz CT molecular complexity index is 594. The quantitative estimate of drug-likeness (QED) is 0.686. The summed E-state index contributed by atoms with van der Waals surface area (Å²) in [4.78, 5) is 15.4. The molecule has 0 atom stereocenters. The number of nitrogen functional groups attached to an aromatic ring is 1. The van der Waals surface area contributed by atoms with Gasteiger partial charge in [0.15, 0.2) is 11.6 Å². The summed E-state index contributed by atoms with van der Waals surface area (Å²) in [6, 6.07) is 7.16. The fourth-order valence-corrected chi connectivity index (χ4v) is 1.51. The number of hydrogen-bond acceptors (Lipinski definition) is 5. The molecular formula is C14H13FN2O3. The standard InChI is InChI=1S/C14H13FN2O3/c1-2-19-14(18)9-6-7-12(17-8-9)20-13-10(15)4-3-5-11(13)16/h3-8H,2,16H2,1H3. The molecule has 1 aromatic heterocycles. The molecule has 2 N–H and O–H groups in total. The van der Waals surface area contributed by atoms with Gasteiger partial charge in [0.25, 0.3) is 0 Å². The predicted molar refractivity (Wildman–Crippen MR) is 71.1 cm³/mol. The van der Waals surface area contributed by atoms with Crippen molar-refractivity contribution >= 4 is 11.7 Å². The van der Waals surface area contributed by atoms with Crippen LogP contribution in [0.15, 0.2) is 36.5 Å². The molecule has 2 aromatic rings. The number of anilines is 1. The molecule has 1 heterocycles. The van der Waals surface area contributed by atoms with Crippen LogP contribution in [0.2, 0.25) is 0 Å². The molecule has 1 aromatic carbocycles. The highest BCUT2D eigenvalue weighted by Crippen LogP contribution is 2.29. The van der Waals surface area contributed by atoms with E-state index in [1.807, 2.05) is 0 Å². The van der Waals surface area contributed by atoms with Crippen LogP contribution in [-0.4, -0.2) is 17.6 Å². The highest BCUT2D eigenvalue weighted by Gasteiger charge is 2.11. The smallest absolute Gasteiger partial charge is 0.339 e. The minimum atomic E-state index is -0.582. The molecule has 0 spiro atoms. The van der Waals surface area contributed by atoms with Crippen LogP contribution in [0.4, 0.5) is 10.1 Å². The van der Waals surface area contributed by atoms with Gasteiger partial charge in [0.1, 0.15) is 0 Å². The summed E-state index contributed by atoms with van der Waals surface area (Å²) in [7, 11) is 0. The fraction of sp³-hybridized carbons (Fsp3) is 0.143. The molecule has 0 aliphatic heterocycles. The van der Waals surface area contributed by atoms with Crippen molar-refractivity contribution in [3.05, 3.63) is 47.9 Å². The summed E-state index contributed by atoms with van der Waals surface area (Å²) < 4.78 is 23.6. The third-order valence-electron chi connectivity index (χ3n) is 2.45. The van der Waals surface area contributed by atoms with Crippen molar-refractivity contribution in [2.75, 3.05) is 12.3 Å². The van der Waals surface area contributed by atoms with Crippen molar-refractivity contribution in [1.29, 1.82) is 0 Å². The van der Waals surface area contributed by atoms with Gasteiger partial charge in [-0.25, -0.2) is 14.2 Å². The van der Waals surface area contributed by atoms with Gasteiger partial charge < -0.3 is 15.2 Å². The molecule has 5 nitrogen and oxygen atoms in total. The van der Waals surface area contributed by atoms with Crippen LogP contribution in [0.1, 0.15) is 17.3 Å². The Kier molecular flexibility index (Phi) is 4.14. The van der Waals surface area contributed by atoms with Crippen LogP contribution >= 0.6 is 0 Å². The topological polar surface area (TPSA) is 74.4 Å². The number of carbonyl (C=O) groups is 1. The van der Waals surface area contributed by atoms with Crippen LogP contribution in [0, 0.1) is 5.82 Å². The molecule has 104 valence electrons. The van der Waals surface area contributed by atoms with Gasteiger partial charge in [0, 0.05) is 12.3 Å². The molecule has 0 saturated heterocycles. The Hall–Kier alpha value is -2.63. The first-order chi connectivity index (χ1) is 9.61. The third kappa shape index (κ3) is 3.03. The first kappa shape index (κ1) is 13.8. The zero-order valence-electron chi connectivity index (χ0n) is 10.8. The van der Waals surface area contributed by atoms with Crippen molar-refractivity contribution in [2.45, 2.75) is 6.92 Å². The lowest BCUT2D eigenvalue weighted by Gasteiger charge is -2.08. The summed E-state index contributed by atoms with van der Waals surface area (Å²) in [5, 5.41) is 0. The number of carbonyl (C=O) groups excluding carboxylic acids is 1. The molecule has 0 saturated carbocycles. The zero-order chi connectivity index (χ0) is 14.5. The van der Waals surface area contributed by atoms with Gasteiger partial charge >= 0.3 is 5.97 Å². The number of hydrogen-bond donors (Lipinski definition) is 1. The maximum Gasteiger partial charge on any atom is 0.339 e. The fourth-order valence-electron chi connectivity index (χ4n) is 1.51. The van der Waals surface area contributed by atoms with Gasteiger partial charge in [-0.3, -0.25) is 0 Å². The highest BCUT2D eigenvalue weighted by atomic mass is 19.1. The minimum absolute atomic E-state index is 0.0936. The van der Waals surface area contributed by atoms with Crippen molar-refractivity contribution in [2.24, 2.45) is 0 Å². The van der Waals surface area contributed by atoms with Crippen molar-refractivity contribution in [1.82, 2.24) is 4.98 Å². The molecule has 0 radical (unpaired) electrons. The molecule has 0 amide bonds. The van der Waals surface area contributed by atoms with E-state index in [1.54, 1.807) is 6.92 Å². The normalized spacial score (nSPS) is 10.1. The summed E-state index contributed by atoms with van der Waals surface area (Å²) in [5.74, 6) is -1.02. The molecule has 6 heteroatoms. The summed E-state index contributed by atoms with van der Waals surface area (Å²) >= 11 is 0. The van der Waals surface area contributed by atoms with Crippen molar-refractivity contribution in [3.63, 3.8) is 0 Å². The van der Waals surface area contributed by atoms with Gasteiger partial charge in [-0.2, -0.15) is 0 Å². The summed E-state index contributed by atoms with van der Waals surface area (Å²) in [6.07, 6.45) is 1.30. The molecular weight excluding hydrogens is 263 g/mol. The number of pyridine rings is 1. The first-order valence-corrected chi connectivity index (χ1v) is 5.97. The molecule has 2 rings (SSSR count). The highest BCUT2D eigenvalue weighted by molar-refractivity contribution is 5.89. The minimum Gasteiger partial charge on any atom is -0.462 e. The van der Waals surface area contributed by atoms with Crippen molar-refractivity contribution in [3.8, 4) is 11.6 Å². The van der Waals surface area contributed by atoms with Crippen LogP contribution in [0.5, 0.6) is 11.6 Å². The number of esters is 1. The van der Waals surface area contributed by atoms with Crippen LogP contribution in [-0.2, 0) is 4.74 Å². The van der Waals surface area contributed by atoms with Crippen molar-refractivity contribution < 1.29 is 18.7 Å². The second-order valence-electron chi connectivity index (χ2n) is 3.87. The van der Waals surface area contributed by atoms with E-state index in [1.165, 1.54) is 36.5 Å². The zero-order valence-corrected chi connectivity index (χ0v) is 10.8. The van der Waals surface area contributed by atoms with E-state index >= 15 is 0 Å². The SMILES string of the molecule is CCOC(=O)c1ccc(Oc2c(N)cccc2F)nc1. The molecule has 20 heavy (non-hydrogen) atoms. The summed E-state index contributed by atoms with van der Waals surface area (Å²) in [5.41, 5.74) is 6.08. The number of halogens is 1. The largest absolute Gasteiger partial charge is 0.462 e. The molecule has 0 fully saturated rings. The van der Waals surface area contributed by atoms with E-state index in [2.05, 4.69) is 4.98 Å². The predicted octanol–water partition coefficient (Wildman–Crippen LogP) is 2.77. The number of nitrogens with two attached hydrogens (primary N) is 1. The number of ether oxygens (including phenoxy) is 2. The number of aromatic nitrogens is 1. The van der Waals surface area contributed by atoms with E-state index < -0.39 is 11.8 Å². The Morgan fingerprint density at radius 1 is 1.35 bits per heavy atom. The molecule has 0 bridgehead atoms. The van der Waals surface area contributed by atoms with Gasteiger partial charge in [0.2, 0.25) is 5.88 Å². The van der Waals surface area contributed by atoms with E-state index in [4.69, 9.17) is 15.2 Å². The second kappa shape index (κ2) is 6.01. The average molecular weight is 276 g/mol. The lowest BCUT2D eigenvalue weighted by atomic mass is 10.3. The van der Waals surface area contributed by atoms with E-state index in [0.717, 1.165) is 0 Å². The number of benzene rings is 1. The van der Waals surface area contributed by atoms with E-state index in [9.17, 15) is 9.18 Å². The van der Waals surface area contributed by atoms with Crippen LogP contribution in [0.25, 0.3) is 0 Å². The monoisotopic (exact) mass is 276 g/mol. The Morgan fingerprint density at radius 2 is 2.15 bits per heavy atom. The molecule has 0 aliphatic rings. The maximum absolute atomic E-state index is 13.5. The Balaban J connectivity index is 2.17.